The maximum atomic E-state index is 12.3. The number of epoxide rings is 1. The van der Waals surface area contributed by atoms with Crippen LogP contribution >= 0.6 is 0 Å². The van der Waals surface area contributed by atoms with Gasteiger partial charge in [0.2, 0.25) is 0 Å². The van der Waals surface area contributed by atoms with Gasteiger partial charge in [-0.05, 0) is 47.1 Å². The molecule has 1 heterocycles. The fourth-order valence-electron chi connectivity index (χ4n) is 2.20. The van der Waals surface area contributed by atoms with E-state index in [1.54, 1.807) is 6.92 Å². The maximum Gasteiger partial charge on any atom is 0.342 e. The minimum absolute atomic E-state index is 0.303. The largest absolute Gasteiger partial charge is 0.458 e. The normalized spacial score (nSPS) is 30.0. The summed E-state index contributed by atoms with van der Waals surface area (Å²) in [7, 11) is 0. The molecular weight excluding hydrogens is 240 g/mol. The van der Waals surface area contributed by atoms with Crippen LogP contribution in [0.1, 0.15) is 45.7 Å². The van der Waals surface area contributed by atoms with Crippen molar-refractivity contribution in [1.29, 1.82) is 0 Å². The van der Waals surface area contributed by atoms with Crippen molar-refractivity contribution >= 4 is 5.97 Å². The van der Waals surface area contributed by atoms with Crippen LogP contribution in [0, 0.1) is 6.92 Å². The van der Waals surface area contributed by atoms with E-state index in [9.17, 15) is 4.79 Å². The number of carbonyl (C=O) groups is 1. The van der Waals surface area contributed by atoms with Gasteiger partial charge in [0.25, 0.3) is 0 Å². The summed E-state index contributed by atoms with van der Waals surface area (Å²) >= 11 is 0. The number of hydrogen-bond donors (Lipinski definition) is 0. The number of hydrogen-bond acceptors (Lipinski definition) is 3. The highest BCUT2D eigenvalue weighted by Crippen LogP contribution is 2.56. The molecule has 1 fully saturated rings. The minimum Gasteiger partial charge on any atom is -0.458 e. The zero-order valence-corrected chi connectivity index (χ0v) is 12.5. The molecule has 0 radical (unpaired) electrons. The van der Waals surface area contributed by atoms with Crippen molar-refractivity contribution in [2.75, 3.05) is 0 Å². The molecule has 0 amide bonds. The van der Waals surface area contributed by atoms with Crippen molar-refractivity contribution in [2.24, 2.45) is 0 Å². The molecule has 19 heavy (non-hydrogen) atoms. The number of ether oxygens (including phenoxy) is 2. The van der Waals surface area contributed by atoms with Crippen LogP contribution in [0.4, 0.5) is 0 Å². The van der Waals surface area contributed by atoms with Crippen molar-refractivity contribution in [1.82, 2.24) is 0 Å². The maximum absolute atomic E-state index is 12.3. The Kier molecular flexibility index (Phi) is 3.01. The Hall–Kier alpha value is -1.35. The molecule has 1 saturated heterocycles. The highest BCUT2D eigenvalue weighted by Gasteiger charge is 2.71. The molecule has 0 aliphatic carbocycles. The number of carbonyl (C=O) groups excluding carboxylic acids is 1. The average Bonchev–Trinajstić information content (AvgIpc) is 2.83. The molecular formula is C16H22O3. The zero-order valence-electron chi connectivity index (χ0n) is 12.5. The monoisotopic (exact) mass is 262 g/mol. The van der Waals surface area contributed by atoms with E-state index in [-0.39, 0.29) is 5.97 Å². The van der Waals surface area contributed by atoms with Gasteiger partial charge in [0, 0.05) is 0 Å². The molecule has 0 bridgehead atoms. The lowest BCUT2D eigenvalue weighted by Gasteiger charge is -2.22. The van der Waals surface area contributed by atoms with Crippen LogP contribution in [-0.2, 0) is 19.9 Å². The Bertz CT molecular complexity index is 498. The summed E-state index contributed by atoms with van der Waals surface area (Å²) in [5, 5.41) is 0. The van der Waals surface area contributed by atoms with Crippen LogP contribution in [0.25, 0.3) is 0 Å². The lowest BCUT2D eigenvalue weighted by atomic mass is 9.88. The topological polar surface area (TPSA) is 38.8 Å². The van der Waals surface area contributed by atoms with Gasteiger partial charge in [0.1, 0.15) is 11.2 Å². The van der Waals surface area contributed by atoms with E-state index < -0.39 is 16.8 Å². The molecule has 0 N–H and O–H groups in total. The first kappa shape index (κ1) is 14.1. The molecule has 3 nitrogen and oxygen atoms in total. The number of benzene rings is 1. The van der Waals surface area contributed by atoms with Gasteiger partial charge in [-0.2, -0.15) is 0 Å². The van der Waals surface area contributed by atoms with Gasteiger partial charge in [-0.25, -0.2) is 4.79 Å². The lowest BCUT2D eigenvalue weighted by molar-refractivity contribution is -0.160. The molecule has 1 aliphatic heterocycles. The summed E-state index contributed by atoms with van der Waals surface area (Å²) < 4.78 is 11.2. The van der Waals surface area contributed by atoms with Crippen molar-refractivity contribution in [3.05, 3.63) is 35.4 Å². The molecule has 2 rings (SSSR count). The molecule has 2 unspecified atom stereocenters. The Balaban J connectivity index is 2.21. The van der Waals surface area contributed by atoms with E-state index in [1.807, 2.05) is 58.9 Å². The van der Waals surface area contributed by atoms with Gasteiger partial charge in [-0.3, -0.25) is 0 Å². The van der Waals surface area contributed by atoms with Gasteiger partial charge in [-0.1, -0.05) is 29.8 Å². The zero-order chi connectivity index (χ0) is 14.5. The Morgan fingerprint density at radius 1 is 1.16 bits per heavy atom. The molecule has 1 aliphatic rings. The standard InChI is InChI=1S/C16H22O3/c1-11-7-9-12(10-8-11)15(5)16(6,19-15)13(17)18-14(2,3)4/h7-10H,1-6H3. The molecule has 1 aromatic rings. The Morgan fingerprint density at radius 2 is 1.68 bits per heavy atom. The Morgan fingerprint density at radius 3 is 2.16 bits per heavy atom. The second-order valence-corrected chi connectivity index (χ2v) is 6.54. The second kappa shape index (κ2) is 4.07. The van der Waals surface area contributed by atoms with E-state index in [4.69, 9.17) is 9.47 Å². The third-order valence-corrected chi connectivity index (χ3v) is 3.67. The second-order valence-electron chi connectivity index (χ2n) is 6.54. The van der Waals surface area contributed by atoms with Crippen molar-refractivity contribution in [3.8, 4) is 0 Å². The average molecular weight is 262 g/mol. The van der Waals surface area contributed by atoms with Crippen molar-refractivity contribution < 1.29 is 14.3 Å². The van der Waals surface area contributed by atoms with Crippen LogP contribution < -0.4 is 0 Å². The Labute approximate surface area is 114 Å². The summed E-state index contributed by atoms with van der Waals surface area (Å²) in [5.41, 5.74) is 0.206. The van der Waals surface area contributed by atoms with Gasteiger partial charge in [0.05, 0.1) is 0 Å². The van der Waals surface area contributed by atoms with Crippen molar-refractivity contribution in [2.45, 2.75) is 58.3 Å². The van der Waals surface area contributed by atoms with E-state index in [0.29, 0.717) is 0 Å². The highest BCUT2D eigenvalue weighted by atomic mass is 16.7. The molecule has 1 aromatic carbocycles. The van der Waals surface area contributed by atoms with Crippen LogP contribution in [0.5, 0.6) is 0 Å². The SMILES string of the molecule is Cc1ccc(C2(C)OC2(C)C(=O)OC(C)(C)C)cc1. The molecule has 104 valence electrons. The first-order chi connectivity index (χ1) is 8.58. The van der Waals surface area contributed by atoms with Crippen LogP contribution in [0.3, 0.4) is 0 Å². The van der Waals surface area contributed by atoms with E-state index >= 15 is 0 Å². The van der Waals surface area contributed by atoms with Gasteiger partial charge < -0.3 is 9.47 Å². The summed E-state index contributed by atoms with van der Waals surface area (Å²) in [4.78, 5) is 12.3. The van der Waals surface area contributed by atoms with Crippen LogP contribution in [0.15, 0.2) is 24.3 Å². The number of esters is 1. The fourth-order valence-corrected chi connectivity index (χ4v) is 2.20. The third-order valence-electron chi connectivity index (χ3n) is 3.67. The molecule has 3 heteroatoms. The van der Waals surface area contributed by atoms with Crippen LogP contribution in [0.2, 0.25) is 0 Å². The lowest BCUT2D eigenvalue weighted by Crippen LogP contribution is -2.36. The summed E-state index contributed by atoms with van der Waals surface area (Å²) in [6.45, 7) is 11.3. The first-order valence-electron chi connectivity index (χ1n) is 6.59. The predicted octanol–water partition coefficient (Wildman–Crippen LogP) is 3.34. The predicted molar refractivity (Wildman–Crippen MR) is 73.9 cm³/mol. The van der Waals surface area contributed by atoms with Gasteiger partial charge in [0.15, 0.2) is 5.60 Å². The molecule has 0 aromatic heterocycles. The highest BCUT2D eigenvalue weighted by molar-refractivity contribution is 5.85. The van der Waals surface area contributed by atoms with Crippen LogP contribution in [-0.4, -0.2) is 17.2 Å². The van der Waals surface area contributed by atoms with E-state index in [1.165, 1.54) is 5.56 Å². The fraction of sp³-hybridized carbons (Fsp3) is 0.562. The summed E-state index contributed by atoms with van der Waals surface area (Å²) in [6, 6.07) is 8.06. The van der Waals surface area contributed by atoms with Gasteiger partial charge in [-0.15, -0.1) is 0 Å². The minimum atomic E-state index is -0.893. The number of rotatable bonds is 2. The third kappa shape index (κ3) is 2.39. The van der Waals surface area contributed by atoms with E-state index in [2.05, 4.69) is 0 Å². The smallest absolute Gasteiger partial charge is 0.342 e. The molecule has 0 spiro atoms. The molecule has 0 saturated carbocycles. The van der Waals surface area contributed by atoms with Crippen molar-refractivity contribution in [3.63, 3.8) is 0 Å². The summed E-state index contributed by atoms with van der Waals surface area (Å²) in [6.07, 6.45) is 0. The first-order valence-corrected chi connectivity index (χ1v) is 6.59. The quantitative estimate of drug-likeness (QED) is 0.606. The van der Waals surface area contributed by atoms with Gasteiger partial charge >= 0.3 is 5.97 Å². The summed E-state index contributed by atoms with van der Waals surface area (Å²) in [5.74, 6) is -0.303. The number of aryl methyl sites for hydroxylation is 1. The molecule has 2 atom stereocenters. The van der Waals surface area contributed by atoms with E-state index in [0.717, 1.165) is 5.56 Å².